The van der Waals surface area contributed by atoms with Gasteiger partial charge in [-0.2, -0.15) is 0 Å². The number of thiazole rings is 1. The number of rotatable bonds is 13. The Bertz CT molecular complexity index is 2260. The molecule has 0 fully saturated rings. The SMILES string of the molecule is C=CCc1cc(/C=c2/sc3n(c2=O)[C@H](c2ccc(OC)cc2)C(C(=O)OCC)=C(c2ccccc2)N=3)cc(OCC)c1OCc1ccc(Cl)cc1. The third kappa shape index (κ3) is 7.70. The van der Waals surface area contributed by atoms with E-state index in [1.165, 1.54) is 11.3 Å². The Morgan fingerprint density at radius 1 is 0.980 bits per heavy atom. The van der Waals surface area contributed by atoms with Gasteiger partial charge in [0.2, 0.25) is 0 Å². The number of methoxy groups -OCH3 is 1. The molecule has 1 atom stereocenters. The summed E-state index contributed by atoms with van der Waals surface area (Å²) in [4.78, 5) is 33.6. The topological polar surface area (TPSA) is 88.4 Å². The van der Waals surface area contributed by atoms with Gasteiger partial charge in [-0.25, -0.2) is 9.79 Å². The summed E-state index contributed by atoms with van der Waals surface area (Å²) in [7, 11) is 1.59. The van der Waals surface area contributed by atoms with Gasteiger partial charge in [0.05, 0.1) is 42.2 Å². The smallest absolute Gasteiger partial charge is 0.338 e. The number of allylic oxidation sites excluding steroid dienone is 1. The summed E-state index contributed by atoms with van der Waals surface area (Å²) in [6.07, 6.45) is 4.14. The number of fused-ring (bicyclic) bond motifs is 1. The van der Waals surface area contributed by atoms with Crippen LogP contribution in [-0.2, 0) is 22.6 Å². The third-order valence-corrected chi connectivity index (χ3v) is 9.45. The molecule has 0 saturated carbocycles. The number of nitrogens with zero attached hydrogens (tertiary/aromatic N) is 2. The molecule has 0 aliphatic carbocycles. The van der Waals surface area contributed by atoms with Crippen molar-refractivity contribution in [3.8, 4) is 17.2 Å². The van der Waals surface area contributed by atoms with Crippen molar-refractivity contribution in [1.29, 1.82) is 0 Å². The maximum absolute atomic E-state index is 14.5. The van der Waals surface area contributed by atoms with Gasteiger partial charge in [-0.1, -0.05) is 83.6 Å². The largest absolute Gasteiger partial charge is 0.497 e. The Hall–Kier alpha value is -5.38. The molecule has 8 nitrogen and oxygen atoms in total. The van der Waals surface area contributed by atoms with Crippen molar-refractivity contribution in [2.24, 2.45) is 4.99 Å². The summed E-state index contributed by atoms with van der Waals surface area (Å²) < 4.78 is 25.4. The van der Waals surface area contributed by atoms with Crippen LogP contribution in [0.15, 0.2) is 119 Å². The van der Waals surface area contributed by atoms with Crippen LogP contribution in [-0.4, -0.2) is 30.9 Å². The predicted molar refractivity (Wildman–Crippen MR) is 201 cm³/mol. The summed E-state index contributed by atoms with van der Waals surface area (Å²) in [6.45, 7) is 8.51. The molecule has 0 unspecified atom stereocenters. The van der Waals surface area contributed by atoms with Crippen molar-refractivity contribution in [2.45, 2.75) is 32.9 Å². The van der Waals surface area contributed by atoms with E-state index in [-0.39, 0.29) is 17.7 Å². The van der Waals surface area contributed by atoms with Crippen LogP contribution in [0, 0.1) is 0 Å². The monoisotopic (exact) mass is 720 g/mol. The van der Waals surface area contributed by atoms with Crippen LogP contribution in [0.4, 0.5) is 0 Å². The molecule has 0 N–H and O–H groups in total. The van der Waals surface area contributed by atoms with Gasteiger partial charge < -0.3 is 18.9 Å². The van der Waals surface area contributed by atoms with Crippen molar-refractivity contribution >= 4 is 40.7 Å². The fourth-order valence-electron chi connectivity index (χ4n) is 5.93. The van der Waals surface area contributed by atoms with E-state index >= 15 is 0 Å². The Morgan fingerprint density at radius 3 is 2.39 bits per heavy atom. The maximum Gasteiger partial charge on any atom is 0.338 e. The second-order valence-electron chi connectivity index (χ2n) is 11.6. The van der Waals surface area contributed by atoms with Crippen LogP contribution in [0.3, 0.4) is 0 Å². The van der Waals surface area contributed by atoms with Crippen LogP contribution in [0.1, 0.15) is 47.7 Å². The zero-order valence-corrected chi connectivity index (χ0v) is 30.1. The number of hydrogen-bond acceptors (Lipinski definition) is 8. The van der Waals surface area contributed by atoms with Crippen LogP contribution in [0.5, 0.6) is 17.2 Å². The first-order valence-corrected chi connectivity index (χ1v) is 17.7. The van der Waals surface area contributed by atoms with Gasteiger partial charge in [-0.05, 0) is 79.4 Å². The van der Waals surface area contributed by atoms with Gasteiger partial charge in [0, 0.05) is 16.1 Å². The lowest BCUT2D eigenvalue weighted by Gasteiger charge is -2.26. The number of hydrogen-bond donors (Lipinski definition) is 0. The van der Waals surface area contributed by atoms with Crippen molar-refractivity contribution < 1.29 is 23.7 Å². The second kappa shape index (κ2) is 16.1. The van der Waals surface area contributed by atoms with Crippen molar-refractivity contribution in [3.05, 3.63) is 162 Å². The zero-order chi connectivity index (χ0) is 35.9. The molecule has 2 heterocycles. The average molecular weight is 721 g/mol. The molecule has 0 amide bonds. The minimum Gasteiger partial charge on any atom is -0.497 e. The number of benzene rings is 4. The van der Waals surface area contributed by atoms with Gasteiger partial charge >= 0.3 is 5.97 Å². The van der Waals surface area contributed by atoms with Crippen molar-refractivity contribution in [2.75, 3.05) is 20.3 Å². The Labute approximate surface area is 305 Å². The number of carbonyl (C=O) groups is 1. The molecule has 4 aromatic carbocycles. The summed E-state index contributed by atoms with van der Waals surface area (Å²) in [6, 6.07) is 27.3. The first kappa shape index (κ1) is 35.4. The van der Waals surface area contributed by atoms with Gasteiger partial charge in [0.25, 0.3) is 5.56 Å². The predicted octanol–water partition coefficient (Wildman–Crippen LogP) is 7.30. The molecule has 5 aromatic rings. The van der Waals surface area contributed by atoms with Crippen LogP contribution >= 0.6 is 22.9 Å². The number of esters is 1. The molecule has 260 valence electrons. The zero-order valence-electron chi connectivity index (χ0n) is 28.6. The number of ether oxygens (including phenoxy) is 4. The summed E-state index contributed by atoms with van der Waals surface area (Å²) in [5.74, 6) is 1.27. The number of halogens is 1. The van der Waals surface area contributed by atoms with E-state index in [0.29, 0.717) is 62.5 Å². The van der Waals surface area contributed by atoms with Crippen LogP contribution in [0.25, 0.3) is 11.8 Å². The van der Waals surface area contributed by atoms with Gasteiger partial charge in [-0.15, -0.1) is 6.58 Å². The van der Waals surface area contributed by atoms with Crippen molar-refractivity contribution in [3.63, 3.8) is 0 Å². The Kier molecular flexibility index (Phi) is 11.2. The molecule has 1 aliphatic rings. The van der Waals surface area contributed by atoms with E-state index in [1.807, 2.05) is 104 Å². The van der Waals surface area contributed by atoms with E-state index in [1.54, 1.807) is 24.7 Å². The van der Waals surface area contributed by atoms with E-state index in [4.69, 9.17) is 35.5 Å². The minimum atomic E-state index is -0.803. The highest BCUT2D eigenvalue weighted by Gasteiger charge is 2.35. The van der Waals surface area contributed by atoms with Gasteiger partial charge in [0.15, 0.2) is 16.3 Å². The Balaban J connectivity index is 1.52. The summed E-state index contributed by atoms with van der Waals surface area (Å²) in [5, 5.41) is 0.652. The number of carbonyl (C=O) groups excluding carboxylic acids is 1. The highest BCUT2D eigenvalue weighted by atomic mass is 35.5. The third-order valence-electron chi connectivity index (χ3n) is 8.22. The summed E-state index contributed by atoms with van der Waals surface area (Å²) in [5.41, 5.74) is 4.45. The Morgan fingerprint density at radius 2 is 1.73 bits per heavy atom. The highest BCUT2D eigenvalue weighted by Crippen LogP contribution is 2.37. The minimum absolute atomic E-state index is 0.165. The average Bonchev–Trinajstić information content (AvgIpc) is 3.45. The fourth-order valence-corrected chi connectivity index (χ4v) is 7.06. The normalized spacial score (nSPS) is 14.0. The molecule has 1 aromatic heterocycles. The van der Waals surface area contributed by atoms with E-state index in [2.05, 4.69) is 6.58 Å². The van der Waals surface area contributed by atoms with E-state index in [0.717, 1.165) is 22.3 Å². The van der Waals surface area contributed by atoms with Crippen LogP contribution in [0.2, 0.25) is 5.02 Å². The van der Waals surface area contributed by atoms with E-state index < -0.39 is 12.0 Å². The van der Waals surface area contributed by atoms with Gasteiger partial charge in [-0.3, -0.25) is 9.36 Å². The fraction of sp³-hybridized carbons (Fsp3) is 0.195. The lowest BCUT2D eigenvalue weighted by Crippen LogP contribution is -2.40. The first-order chi connectivity index (χ1) is 24.8. The lowest BCUT2D eigenvalue weighted by molar-refractivity contribution is -0.138. The molecular formula is C41H37ClN2O6S. The molecule has 51 heavy (non-hydrogen) atoms. The standard InChI is InChI=1S/C41H37ClN2O6S/c1-5-11-30-22-27(23-33(48-6-2)38(30)50-25-26-14-18-31(42)19-15-26)24-34-39(45)44-37(29-16-20-32(47-4)21-17-29)35(40(46)49-7-3)36(43-41(44)51-34)28-12-9-8-10-13-28/h5,8-10,12-24,37H,1,6-7,11,25H2,2-4H3/b34-24+/t37-/m1/s1. The molecule has 0 saturated heterocycles. The highest BCUT2D eigenvalue weighted by molar-refractivity contribution is 7.07. The lowest BCUT2D eigenvalue weighted by atomic mass is 9.93. The first-order valence-electron chi connectivity index (χ1n) is 16.5. The molecule has 6 rings (SSSR count). The van der Waals surface area contributed by atoms with Crippen molar-refractivity contribution in [1.82, 2.24) is 4.57 Å². The molecular weight excluding hydrogens is 684 g/mol. The second-order valence-corrected chi connectivity index (χ2v) is 13.0. The maximum atomic E-state index is 14.5. The van der Waals surface area contributed by atoms with Crippen LogP contribution < -0.4 is 29.1 Å². The number of aromatic nitrogens is 1. The summed E-state index contributed by atoms with van der Waals surface area (Å²) >= 11 is 7.33. The van der Waals surface area contributed by atoms with E-state index in [9.17, 15) is 9.59 Å². The van der Waals surface area contributed by atoms with Gasteiger partial charge in [0.1, 0.15) is 12.4 Å². The molecule has 0 bridgehead atoms. The quantitative estimate of drug-likeness (QED) is 0.0937. The molecule has 1 aliphatic heterocycles. The molecule has 0 spiro atoms. The molecule has 0 radical (unpaired) electrons. The molecule has 10 heteroatoms.